The Hall–Kier alpha value is -2.24. The fourth-order valence-electron chi connectivity index (χ4n) is 3.41. The van der Waals surface area contributed by atoms with Gasteiger partial charge < -0.3 is 4.90 Å². The maximum absolute atomic E-state index is 13.4. The van der Waals surface area contributed by atoms with Crippen molar-refractivity contribution in [1.29, 1.82) is 0 Å². The first-order valence-electron chi connectivity index (χ1n) is 9.68. The van der Waals surface area contributed by atoms with E-state index < -0.39 is 0 Å². The summed E-state index contributed by atoms with van der Waals surface area (Å²) in [6.45, 7) is 9.85. The molecule has 1 amide bonds. The number of aryl methyl sites for hydroxylation is 4. The van der Waals surface area contributed by atoms with Crippen molar-refractivity contribution >= 4 is 32.6 Å². The van der Waals surface area contributed by atoms with Crippen LogP contribution in [-0.4, -0.2) is 43.0 Å². The lowest BCUT2D eigenvalue weighted by atomic mass is 10.1. The number of hydrogen-bond donors (Lipinski definition) is 0. The van der Waals surface area contributed by atoms with E-state index in [2.05, 4.69) is 51.0 Å². The first kappa shape index (κ1) is 20.5. The highest BCUT2D eigenvalue weighted by Crippen LogP contribution is 2.33. The lowest BCUT2D eigenvalue weighted by Crippen LogP contribution is -2.33. The molecule has 0 unspecified atom stereocenters. The zero-order valence-corrected chi connectivity index (χ0v) is 18.5. The van der Waals surface area contributed by atoms with E-state index in [0.29, 0.717) is 6.54 Å². The summed E-state index contributed by atoms with van der Waals surface area (Å²) < 4.78 is 1.13. The molecule has 5 heteroatoms. The molecule has 3 aromatic rings. The number of hydrogen-bond acceptors (Lipinski definition) is 4. The van der Waals surface area contributed by atoms with Crippen LogP contribution in [0.2, 0.25) is 0 Å². The van der Waals surface area contributed by atoms with Crippen molar-refractivity contribution in [3.05, 3.63) is 58.1 Å². The van der Waals surface area contributed by atoms with Gasteiger partial charge in [0.05, 0.1) is 10.2 Å². The summed E-state index contributed by atoms with van der Waals surface area (Å²) in [5, 5.41) is 0.784. The Morgan fingerprint density at radius 1 is 1.00 bits per heavy atom. The zero-order chi connectivity index (χ0) is 20.4. The van der Waals surface area contributed by atoms with E-state index in [1.54, 1.807) is 11.3 Å². The monoisotopic (exact) mass is 395 g/mol. The van der Waals surface area contributed by atoms with Crippen molar-refractivity contribution in [2.45, 2.75) is 34.1 Å². The second-order valence-electron chi connectivity index (χ2n) is 7.84. The predicted octanol–water partition coefficient (Wildman–Crippen LogP) is 5.13. The van der Waals surface area contributed by atoms with Crippen LogP contribution in [0.5, 0.6) is 0 Å². The van der Waals surface area contributed by atoms with E-state index in [1.165, 1.54) is 11.1 Å². The molecule has 1 aromatic heterocycles. The number of benzene rings is 2. The molecule has 0 saturated heterocycles. The van der Waals surface area contributed by atoms with Crippen molar-refractivity contribution in [1.82, 2.24) is 9.88 Å². The van der Waals surface area contributed by atoms with E-state index in [4.69, 9.17) is 4.98 Å². The van der Waals surface area contributed by atoms with Crippen molar-refractivity contribution in [2.24, 2.45) is 0 Å². The van der Waals surface area contributed by atoms with Gasteiger partial charge in [0.15, 0.2) is 5.13 Å². The molecule has 0 fully saturated rings. The molecule has 0 aliphatic rings. The minimum atomic E-state index is 0.0268. The van der Waals surface area contributed by atoms with E-state index in [0.717, 1.165) is 45.0 Å². The van der Waals surface area contributed by atoms with Gasteiger partial charge in [0.2, 0.25) is 0 Å². The molecule has 0 bridgehead atoms. The average molecular weight is 396 g/mol. The van der Waals surface area contributed by atoms with Gasteiger partial charge >= 0.3 is 0 Å². The van der Waals surface area contributed by atoms with Crippen LogP contribution < -0.4 is 4.90 Å². The van der Waals surface area contributed by atoms with Crippen molar-refractivity contribution in [3.63, 3.8) is 0 Å². The molecule has 0 saturated carbocycles. The molecular weight excluding hydrogens is 366 g/mol. The predicted molar refractivity (Wildman–Crippen MR) is 120 cm³/mol. The van der Waals surface area contributed by atoms with Gasteiger partial charge in [-0.15, -0.1) is 0 Å². The quantitative estimate of drug-likeness (QED) is 0.581. The molecule has 3 rings (SSSR count). The molecule has 0 spiro atoms. The Kier molecular flexibility index (Phi) is 6.16. The summed E-state index contributed by atoms with van der Waals surface area (Å²) in [4.78, 5) is 22.3. The molecule has 1 heterocycles. The number of thiazole rings is 1. The summed E-state index contributed by atoms with van der Waals surface area (Å²) in [5.41, 5.74) is 6.36. The summed E-state index contributed by atoms with van der Waals surface area (Å²) in [5.74, 6) is 0.0268. The fraction of sp³-hybridized carbons (Fsp3) is 0.391. The van der Waals surface area contributed by atoms with Crippen LogP contribution in [0, 0.1) is 27.7 Å². The van der Waals surface area contributed by atoms with Gasteiger partial charge in [-0.25, -0.2) is 4.98 Å². The summed E-state index contributed by atoms with van der Waals surface area (Å²) >= 11 is 1.60. The molecule has 0 atom stereocenters. The lowest BCUT2D eigenvalue weighted by molar-refractivity contribution is 0.0986. The van der Waals surface area contributed by atoms with Gasteiger partial charge in [-0.2, -0.15) is 0 Å². The zero-order valence-electron chi connectivity index (χ0n) is 17.7. The van der Waals surface area contributed by atoms with Gasteiger partial charge in [0.25, 0.3) is 5.91 Å². The Balaban J connectivity index is 2.01. The third kappa shape index (κ3) is 4.42. The normalized spacial score (nSPS) is 11.4. The highest BCUT2D eigenvalue weighted by molar-refractivity contribution is 7.22. The van der Waals surface area contributed by atoms with E-state index in [9.17, 15) is 4.79 Å². The number of carbonyl (C=O) groups excluding carboxylic acids is 1. The highest BCUT2D eigenvalue weighted by Gasteiger charge is 2.22. The SMILES string of the molecule is Cc1cc(C)cc(C(=O)N(CCCN(C)C)c2nc3c(C)c(C)ccc3s2)c1. The van der Waals surface area contributed by atoms with Crippen LogP contribution in [-0.2, 0) is 0 Å². The molecule has 0 aliphatic carbocycles. The molecule has 148 valence electrons. The van der Waals surface area contributed by atoms with Crippen LogP contribution in [0.1, 0.15) is 39.0 Å². The molecule has 2 aromatic carbocycles. The van der Waals surface area contributed by atoms with E-state index in [-0.39, 0.29) is 5.91 Å². The van der Waals surface area contributed by atoms with Crippen molar-refractivity contribution < 1.29 is 4.79 Å². The smallest absolute Gasteiger partial charge is 0.260 e. The molecule has 4 nitrogen and oxygen atoms in total. The van der Waals surface area contributed by atoms with Crippen LogP contribution >= 0.6 is 11.3 Å². The number of rotatable bonds is 6. The molecule has 0 N–H and O–H groups in total. The van der Waals surface area contributed by atoms with Crippen molar-refractivity contribution in [3.8, 4) is 0 Å². The van der Waals surface area contributed by atoms with Crippen LogP contribution in [0.15, 0.2) is 30.3 Å². The first-order valence-corrected chi connectivity index (χ1v) is 10.5. The van der Waals surface area contributed by atoms with E-state index >= 15 is 0 Å². The summed E-state index contributed by atoms with van der Waals surface area (Å²) in [6, 6.07) is 10.3. The minimum absolute atomic E-state index is 0.0268. The van der Waals surface area contributed by atoms with Crippen LogP contribution in [0.4, 0.5) is 5.13 Å². The average Bonchev–Trinajstić information content (AvgIpc) is 3.05. The van der Waals surface area contributed by atoms with Gasteiger partial charge in [0.1, 0.15) is 0 Å². The largest absolute Gasteiger partial charge is 0.309 e. The lowest BCUT2D eigenvalue weighted by Gasteiger charge is -2.21. The summed E-state index contributed by atoms with van der Waals surface area (Å²) in [7, 11) is 4.11. The topological polar surface area (TPSA) is 36.4 Å². The number of anilines is 1. The standard InChI is InChI=1S/C23H29N3OS/c1-15-12-16(2)14-19(13-15)22(27)26(11-7-10-25(5)6)23-24-21-18(4)17(3)8-9-20(21)28-23/h8-9,12-14H,7,10-11H2,1-6H3. The van der Waals surface area contributed by atoms with Crippen LogP contribution in [0.3, 0.4) is 0 Å². The van der Waals surface area contributed by atoms with Gasteiger partial charge in [-0.1, -0.05) is 34.6 Å². The Morgan fingerprint density at radius 2 is 1.68 bits per heavy atom. The maximum atomic E-state index is 13.4. The van der Waals surface area contributed by atoms with Crippen molar-refractivity contribution in [2.75, 3.05) is 32.1 Å². The molecule has 28 heavy (non-hydrogen) atoms. The Labute approximate surface area is 171 Å². The fourth-order valence-corrected chi connectivity index (χ4v) is 4.46. The first-order chi connectivity index (χ1) is 13.3. The second kappa shape index (κ2) is 8.41. The Bertz CT molecular complexity index is 986. The highest BCUT2D eigenvalue weighted by atomic mass is 32.1. The van der Waals surface area contributed by atoms with E-state index in [1.807, 2.05) is 30.9 Å². The third-order valence-electron chi connectivity index (χ3n) is 5.01. The molecule has 0 aliphatic heterocycles. The Morgan fingerprint density at radius 3 is 2.32 bits per heavy atom. The van der Waals surface area contributed by atoms with Gasteiger partial charge in [-0.3, -0.25) is 9.69 Å². The second-order valence-corrected chi connectivity index (χ2v) is 8.85. The third-order valence-corrected chi connectivity index (χ3v) is 6.05. The summed E-state index contributed by atoms with van der Waals surface area (Å²) in [6.07, 6.45) is 0.900. The van der Waals surface area contributed by atoms with Gasteiger partial charge in [-0.05, 0) is 84.1 Å². The number of amides is 1. The number of carbonyl (C=O) groups is 1. The number of aromatic nitrogens is 1. The number of fused-ring (bicyclic) bond motifs is 1. The molecular formula is C23H29N3OS. The maximum Gasteiger partial charge on any atom is 0.260 e. The molecule has 0 radical (unpaired) electrons. The number of nitrogens with zero attached hydrogens (tertiary/aromatic N) is 3. The van der Waals surface area contributed by atoms with Gasteiger partial charge in [0, 0.05) is 12.1 Å². The van der Waals surface area contributed by atoms with Crippen LogP contribution in [0.25, 0.3) is 10.2 Å². The minimum Gasteiger partial charge on any atom is -0.309 e.